The molecule has 1 heteroatoms. The van der Waals surface area contributed by atoms with Gasteiger partial charge in [-0.3, -0.25) is 0 Å². The van der Waals surface area contributed by atoms with Gasteiger partial charge in [0.2, 0.25) is 0 Å². The van der Waals surface area contributed by atoms with Gasteiger partial charge in [0.15, 0.2) is 0 Å². The lowest BCUT2D eigenvalue weighted by atomic mass is 9.68. The molecule has 78 valence electrons. The molecule has 0 aromatic rings. The molecule has 0 amide bonds. The fourth-order valence-corrected chi connectivity index (χ4v) is 2.68. The minimum atomic E-state index is -0.0666. The number of ether oxygens (including phenoxy) is 1. The molecule has 0 spiro atoms. The smallest absolute Gasteiger partial charge is 0.125 e. The van der Waals surface area contributed by atoms with E-state index in [2.05, 4.69) is 58.9 Å². The number of allylic oxidation sites excluding steroid dienone is 2. The lowest BCUT2D eigenvalue weighted by Gasteiger charge is -2.31. The third kappa shape index (κ3) is 0.939. The first-order chi connectivity index (χ1) is 6.36. The van der Waals surface area contributed by atoms with Crippen LogP contribution in [0.5, 0.6) is 0 Å². The molecular formula is C13H20O. The molecule has 1 fully saturated rings. The number of hydrogen-bond donors (Lipinski definition) is 0. The van der Waals surface area contributed by atoms with Gasteiger partial charge in [-0.1, -0.05) is 46.8 Å². The van der Waals surface area contributed by atoms with E-state index in [0.29, 0.717) is 5.92 Å². The van der Waals surface area contributed by atoms with Gasteiger partial charge in [0.05, 0.1) is 0 Å². The maximum atomic E-state index is 6.11. The van der Waals surface area contributed by atoms with E-state index in [9.17, 15) is 0 Å². The third-order valence-electron chi connectivity index (χ3n) is 3.63. The predicted molar refractivity (Wildman–Crippen MR) is 59.1 cm³/mol. The molecule has 1 aliphatic heterocycles. The Kier molecular flexibility index (Phi) is 1.79. The summed E-state index contributed by atoms with van der Waals surface area (Å²) in [5.41, 5.74) is 0.0570. The van der Waals surface area contributed by atoms with Gasteiger partial charge in [0.25, 0.3) is 0 Å². The average molecular weight is 192 g/mol. The molecule has 0 bridgehead atoms. The molecule has 0 saturated carbocycles. The van der Waals surface area contributed by atoms with Crippen molar-refractivity contribution in [3.05, 3.63) is 24.3 Å². The lowest BCUT2D eigenvalue weighted by Crippen LogP contribution is -2.39. The first-order valence-corrected chi connectivity index (χ1v) is 5.43. The van der Waals surface area contributed by atoms with Gasteiger partial charge >= 0.3 is 0 Å². The van der Waals surface area contributed by atoms with Gasteiger partial charge in [-0.25, -0.2) is 0 Å². The van der Waals surface area contributed by atoms with Crippen LogP contribution in [0.15, 0.2) is 24.3 Å². The van der Waals surface area contributed by atoms with Crippen LogP contribution in [-0.4, -0.2) is 11.2 Å². The Balaban J connectivity index is 2.42. The molecule has 1 heterocycles. The van der Waals surface area contributed by atoms with Crippen molar-refractivity contribution in [2.45, 2.75) is 45.8 Å². The number of rotatable bonds is 1. The van der Waals surface area contributed by atoms with Crippen molar-refractivity contribution in [1.29, 1.82) is 0 Å². The summed E-state index contributed by atoms with van der Waals surface area (Å²) >= 11 is 0. The summed E-state index contributed by atoms with van der Waals surface area (Å²) in [5, 5.41) is 0. The zero-order chi connectivity index (χ0) is 10.6. The van der Waals surface area contributed by atoms with Gasteiger partial charge in [0, 0.05) is 0 Å². The molecule has 1 nitrogen and oxygen atoms in total. The lowest BCUT2D eigenvalue weighted by molar-refractivity contribution is 0.194. The summed E-state index contributed by atoms with van der Waals surface area (Å²) in [7, 11) is 0. The zero-order valence-corrected chi connectivity index (χ0v) is 9.79. The largest absolute Gasteiger partial charge is 0.353 e. The molecule has 14 heavy (non-hydrogen) atoms. The molecule has 0 radical (unpaired) electrons. The van der Waals surface area contributed by atoms with Crippen LogP contribution in [0.4, 0.5) is 0 Å². The van der Waals surface area contributed by atoms with Crippen LogP contribution in [0.25, 0.3) is 0 Å². The highest BCUT2D eigenvalue weighted by atomic mass is 16.6. The Bertz CT molecular complexity index is 306. The second kappa shape index (κ2) is 2.52. The van der Waals surface area contributed by atoms with Crippen molar-refractivity contribution < 1.29 is 4.74 Å². The number of fused-ring (bicyclic) bond motifs is 1. The molecule has 2 rings (SSSR count). The van der Waals surface area contributed by atoms with Crippen molar-refractivity contribution in [3.63, 3.8) is 0 Å². The second-order valence-electron chi connectivity index (χ2n) is 5.75. The molecule has 2 atom stereocenters. The quantitative estimate of drug-likeness (QED) is 0.581. The second-order valence-corrected chi connectivity index (χ2v) is 5.75. The van der Waals surface area contributed by atoms with Gasteiger partial charge in [-0.15, -0.1) is 0 Å². The van der Waals surface area contributed by atoms with E-state index in [0.717, 1.165) is 0 Å². The van der Waals surface area contributed by atoms with Crippen LogP contribution in [0.3, 0.4) is 0 Å². The molecule has 0 aromatic heterocycles. The number of hydrogen-bond acceptors (Lipinski definition) is 1. The van der Waals surface area contributed by atoms with E-state index in [1.807, 2.05) is 0 Å². The Hall–Kier alpha value is -0.560. The van der Waals surface area contributed by atoms with Crippen LogP contribution in [-0.2, 0) is 4.74 Å². The summed E-state index contributed by atoms with van der Waals surface area (Å²) in [6, 6.07) is 0. The van der Waals surface area contributed by atoms with Crippen molar-refractivity contribution in [2.24, 2.45) is 11.3 Å². The van der Waals surface area contributed by atoms with Gasteiger partial charge in [-0.05, 0) is 23.5 Å². The molecule has 2 unspecified atom stereocenters. The molecule has 0 N–H and O–H groups in total. The number of epoxide rings is 1. The maximum absolute atomic E-state index is 6.11. The van der Waals surface area contributed by atoms with E-state index in [4.69, 9.17) is 4.74 Å². The molecule has 0 aromatic carbocycles. The minimum absolute atomic E-state index is 0.0417. The summed E-state index contributed by atoms with van der Waals surface area (Å²) in [5.74, 6) is 0.530. The van der Waals surface area contributed by atoms with E-state index in [1.165, 1.54) is 0 Å². The van der Waals surface area contributed by atoms with Crippen LogP contribution < -0.4 is 0 Å². The molecule has 1 aliphatic carbocycles. The maximum Gasteiger partial charge on any atom is 0.125 e. The van der Waals surface area contributed by atoms with Gasteiger partial charge in [-0.2, -0.15) is 0 Å². The standard InChI is InChI=1S/C13H20O/c1-10(2)12-8-6-7-9-13(12,14-12)11(3,4)5/h6-10H,1-5H3. The molecule has 1 saturated heterocycles. The summed E-state index contributed by atoms with van der Waals surface area (Å²) < 4.78 is 6.11. The first kappa shape index (κ1) is 9.97. The van der Waals surface area contributed by atoms with Gasteiger partial charge < -0.3 is 4.74 Å². The van der Waals surface area contributed by atoms with Crippen LogP contribution in [0.2, 0.25) is 0 Å². The first-order valence-electron chi connectivity index (χ1n) is 5.43. The monoisotopic (exact) mass is 192 g/mol. The van der Waals surface area contributed by atoms with Crippen LogP contribution in [0, 0.1) is 11.3 Å². The van der Waals surface area contributed by atoms with Crippen molar-refractivity contribution in [3.8, 4) is 0 Å². The van der Waals surface area contributed by atoms with E-state index < -0.39 is 0 Å². The topological polar surface area (TPSA) is 12.5 Å². The Morgan fingerprint density at radius 1 is 1.07 bits per heavy atom. The Morgan fingerprint density at radius 2 is 1.64 bits per heavy atom. The highest BCUT2D eigenvalue weighted by molar-refractivity contribution is 5.42. The predicted octanol–water partition coefficient (Wildman–Crippen LogP) is 3.32. The Labute approximate surface area is 86.8 Å². The Morgan fingerprint density at radius 3 is 2.07 bits per heavy atom. The van der Waals surface area contributed by atoms with E-state index in [-0.39, 0.29) is 16.6 Å². The summed E-state index contributed by atoms with van der Waals surface area (Å²) in [6.45, 7) is 11.2. The normalized spacial score (nSPS) is 40.1. The highest BCUT2D eigenvalue weighted by Gasteiger charge is 2.73. The SMILES string of the molecule is CC(C)C12C=CC=CC1(C(C)(C)C)O2. The fourth-order valence-electron chi connectivity index (χ4n) is 2.68. The van der Waals surface area contributed by atoms with Crippen LogP contribution >= 0.6 is 0 Å². The summed E-state index contributed by atoms with van der Waals surface area (Å²) in [6.07, 6.45) is 8.67. The van der Waals surface area contributed by atoms with Crippen molar-refractivity contribution in [1.82, 2.24) is 0 Å². The average Bonchev–Trinajstić information content (AvgIpc) is 2.74. The zero-order valence-electron chi connectivity index (χ0n) is 9.79. The highest BCUT2D eigenvalue weighted by Crippen LogP contribution is 2.64. The molecular weight excluding hydrogens is 172 g/mol. The van der Waals surface area contributed by atoms with E-state index in [1.54, 1.807) is 0 Å². The fraction of sp³-hybridized carbons (Fsp3) is 0.692. The third-order valence-corrected chi connectivity index (χ3v) is 3.63. The van der Waals surface area contributed by atoms with Crippen molar-refractivity contribution >= 4 is 0 Å². The van der Waals surface area contributed by atoms with E-state index >= 15 is 0 Å². The molecule has 2 aliphatic rings. The summed E-state index contributed by atoms with van der Waals surface area (Å²) in [4.78, 5) is 0. The van der Waals surface area contributed by atoms with Crippen LogP contribution in [0.1, 0.15) is 34.6 Å². The minimum Gasteiger partial charge on any atom is -0.353 e. The van der Waals surface area contributed by atoms with Gasteiger partial charge in [0.1, 0.15) is 11.2 Å². The van der Waals surface area contributed by atoms with Crippen molar-refractivity contribution in [2.75, 3.05) is 0 Å².